The molecule has 2 rings (SSSR count). The molecule has 12 heteroatoms. The Balaban J connectivity index is 2.13. The average Bonchev–Trinajstić information content (AvgIpc) is 2.73. The second kappa shape index (κ2) is 10.2. The Labute approximate surface area is 185 Å². The van der Waals surface area contributed by atoms with Gasteiger partial charge in [0.25, 0.3) is 0 Å². The number of carbonyl (C=O) groups is 2. The maximum atomic E-state index is 12.9. The van der Waals surface area contributed by atoms with Gasteiger partial charge in [0.05, 0.1) is 18.3 Å². The van der Waals surface area contributed by atoms with Gasteiger partial charge < -0.3 is 35.6 Å². The fourth-order valence-electron chi connectivity index (χ4n) is 3.37. The molecule has 1 saturated heterocycles. The van der Waals surface area contributed by atoms with Gasteiger partial charge >= 0.3 is 5.97 Å². The van der Waals surface area contributed by atoms with Gasteiger partial charge in [0.15, 0.2) is 16.1 Å². The summed E-state index contributed by atoms with van der Waals surface area (Å²) in [5, 5.41) is 50.9. The second-order valence-electron chi connectivity index (χ2n) is 8.15. The summed E-state index contributed by atoms with van der Waals surface area (Å²) in [6, 6.07) is 6.56. The lowest BCUT2D eigenvalue weighted by Gasteiger charge is -2.41. The number of nitrogens with one attached hydrogen (secondary N) is 1. The standard InChI is InChI=1S/C20H29NO10S/c1-20(2,19(28)21-14-16(24)15(23)13(10-22)31-18(14)27)32(29,30)9-8-12(17(25)26)11-6-4-3-5-7-11/h3-7,12-16,18,22-24,27H,8-10H2,1-2H3,(H,21,28)(H,25,26)/t12?,13-,14+,15-,16-,18+/m1/s1. The largest absolute Gasteiger partial charge is 0.481 e. The third-order valence-corrected chi connectivity index (χ3v) is 8.21. The Morgan fingerprint density at radius 1 is 1.12 bits per heavy atom. The monoisotopic (exact) mass is 475 g/mol. The van der Waals surface area contributed by atoms with E-state index in [1.54, 1.807) is 30.3 Å². The first-order valence-corrected chi connectivity index (χ1v) is 11.6. The van der Waals surface area contributed by atoms with Crippen LogP contribution in [0, 0.1) is 0 Å². The molecule has 0 spiro atoms. The number of aliphatic hydroxyl groups is 4. The van der Waals surface area contributed by atoms with E-state index in [1.807, 2.05) is 0 Å². The summed E-state index contributed by atoms with van der Waals surface area (Å²) in [5.41, 5.74) is 0.426. The van der Waals surface area contributed by atoms with E-state index in [1.165, 1.54) is 0 Å². The SMILES string of the molecule is CC(C)(C(=O)N[C@H]1[C@@H](O)[C@H](O)[C@@H](CO)O[C@@H]1O)S(=O)(=O)CCC(C(=O)O)c1ccccc1. The number of sulfone groups is 1. The van der Waals surface area contributed by atoms with Gasteiger partial charge in [-0.2, -0.15) is 0 Å². The zero-order valence-electron chi connectivity index (χ0n) is 17.7. The number of ether oxygens (including phenoxy) is 1. The number of carbonyl (C=O) groups excluding carboxylic acids is 1. The molecule has 0 aliphatic carbocycles. The first kappa shape index (κ1) is 26.2. The van der Waals surface area contributed by atoms with Crippen molar-refractivity contribution >= 4 is 21.7 Å². The predicted molar refractivity (Wildman–Crippen MR) is 111 cm³/mol. The highest BCUT2D eigenvalue weighted by molar-refractivity contribution is 7.93. The Hall–Kier alpha value is -2.09. The minimum absolute atomic E-state index is 0.271. The van der Waals surface area contributed by atoms with Crippen LogP contribution in [0.2, 0.25) is 0 Å². The highest BCUT2D eigenvalue weighted by Gasteiger charge is 2.48. The lowest BCUT2D eigenvalue weighted by atomic mass is 9.96. The molecule has 1 amide bonds. The molecule has 1 aromatic carbocycles. The van der Waals surface area contributed by atoms with Crippen LogP contribution in [0.25, 0.3) is 0 Å². The highest BCUT2D eigenvalue weighted by Crippen LogP contribution is 2.26. The summed E-state index contributed by atoms with van der Waals surface area (Å²) < 4.78 is 28.8. The topological polar surface area (TPSA) is 191 Å². The van der Waals surface area contributed by atoms with E-state index in [0.29, 0.717) is 5.56 Å². The van der Waals surface area contributed by atoms with E-state index in [0.717, 1.165) is 13.8 Å². The number of aliphatic hydroxyl groups excluding tert-OH is 4. The van der Waals surface area contributed by atoms with Crippen molar-refractivity contribution in [3.05, 3.63) is 35.9 Å². The van der Waals surface area contributed by atoms with Gasteiger partial charge in [0.1, 0.15) is 29.1 Å². The third-order valence-electron chi connectivity index (χ3n) is 5.70. The van der Waals surface area contributed by atoms with Gasteiger partial charge in [0.2, 0.25) is 5.91 Å². The Bertz CT molecular complexity index is 904. The zero-order valence-corrected chi connectivity index (χ0v) is 18.5. The number of carboxylic acid groups (broad SMARTS) is 1. The minimum atomic E-state index is -4.19. The maximum Gasteiger partial charge on any atom is 0.311 e. The molecule has 180 valence electrons. The molecular weight excluding hydrogens is 446 g/mol. The van der Waals surface area contributed by atoms with Crippen molar-refractivity contribution in [1.29, 1.82) is 0 Å². The van der Waals surface area contributed by atoms with Crippen molar-refractivity contribution in [1.82, 2.24) is 5.32 Å². The fraction of sp³-hybridized carbons (Fsp3) is 0.600. The van der Waals surface area contributed by atoms with Crippen LogP contribution in [0.4, 0.5) is 0 Å². The molecule has 1 aliphatic rings. The normalized spacial score (nSPS) is 27.5. The molecule has 32 heavy (non-hydrogen) atoms. The molecule has 1 aromatic rings. The smallest absolute Gasteiger partial charge is 0.311 e. The fourth-order valence-corrected chi connectivity index (χ4v) is 4.76. The van der Waals surface area contributed by atoms with Crippen LogP contribution in [0.1, 0.15) is 31.7 Å². The summed E-state index contributed by atoms with van der Waals surface area (Å²) >= 11 is 0. The summed E-state index contributed by atoms with van der Waals surface area (Å²) in [7, 11) is -4.19. The van der Waals surface area contributed by atoms with Gasteiger partial charge in [-0.1, -0.05) is 30.3 Å². The lowest BCUT2D eigenvalue weighted by molar-refractivity contribution is -0.254. The van der Waals surface area contributed by atoms with Crippen molar-refractivity contribution in [3.63, 3.8) is 0 Å². The van der Waals surface area contributed by atoms with Crippen molar-refractivity contribution in [2.45, 2.75) is 61.6 Å². The van der Waals surface area contributed by atoms with Gasteiger partial charge in [-0.3, -0.25) is 9.59 Å². The number of hydrogen-bond donors (Lipinski definition) is 6. The van der Waals surface area contributed by atoms with E-state index in [2.05, 4.69) is 5.32 Å². The van der Waals surface area contributed by atoms with Gasteiger partial charge in [0, 0.05) is 0 Å². The number of carboxylic acids is 1. The summed E-state index contributed by atoms with van der Waals surface area (Å²) in [6.07, 6.45) is -6.71. The van der Waals surface area contributed by atoms with Gasteiger partial charge in [-0.05, 0) is 25.8 Å². The van der Waals surface area contributed by atoms with Crippen LogP contribution in [0.5, 0.6) is 0 Å². The van der Waals surface area contributed by atoms with Crippen LogP contribution >= 0.6 is 0 Å². The van der Waals surface area contributed by atoms with Crippen LogP contribution < -0.4 is 5.32 Å². The van der Waals surface area contributed by atoms with Crippen LogP contribution in [0.3, 0.4) is 0 Å². The number of benzene rings is 1. The van der Waals surface area contributed by atoms with Gasteiger partial charge in [-0.25, -0.2) is 8.42 Å². The van der Waals surface area contributed by atoms with Crippen LogP contribution in [0.15, 0.2) is 30.3 Å². The zero-order chi connectivity index (χ0) is 24.3. The molecular formula is C20H29NO10S. The summed E-state index contributed by atoms with van der Waals surface area (Å²) in [6.45, 7) is 1.54. The molecule has 1 aliphatic heterocycles. The van der Waals surface area contributed by atoms with Crippen molar-refractivity contribution < 1.29 is 48.3 Å². The molecule has 0 saturated carbocycles. The number of hydrogen-bond acceptors (Lipinski definition) is 9. The Morgan fingerprint density at radius 3 is 2.25 bits per heavy atom. The molecule has 0 radical (unpaired) electrons. The molecule has 6 atom stereocenters. The first-order valence-electron chi connectivity index (χ1n) is 9.95. The maximum absolute atomic E-state index is 12.9. The molecule has 0 bridgehead atoms. The van der Waals surface area contributed by atoms with E-state index >= 15 is 0 Å². The summed E-state index contributed by atoms with van der Waals surface area (Å²) in [4.78, 5) is 24.4. The van der Waals surface area contributed by atoms with E-state index in [9.17, 15) is 38.4 Å². The van der Waals surface area contributed by atoms with Crippen molar-refractivity contribution in [3.8, 4) is 0 Å². The van der Waals surface area contributed by atoms with Crippen LogP contribution in [-0.2, 0) is 24.2 Å². The average molecular weight is 476 g/mol. The first-order chi connectivity index (χ1) is 14.8. The quantitative estimate of drug-likeness (QED) is 0.241. The summed E-state index contributed by atoms with van der Waals surface area (Å²) in [5.74, 6) is -3.98. The van der Waals surface area contributed by atoms with E-state index in [-0.39, 0.29) is 6.42 Å². The number of aliphatic carboxylic acids is 1. The number of rotatable bonds is 9. The molecule has 11 nitrogen and oxygen atoms in total. The van der Waals surface area contributed by atoms with Crippen molar-refractivity contribution in [2.75, 3.05) is 12.4 Å². The highest BCUT2D eigenvalue weighted by atomic mass is 32.2. The van der Waals surface area contributed by atoms with Crippen molar-refractivity contribution in [2.24, 2.45) is 0 Å². The predicted octanol–water partition coefficient (Wildman–Crippen LogP) is -1.65. The Morgan fingerprint density at radius 2 is 1.72 bits per heavy atom. The van der Waals surface area contributed by atoms with E-state index in [4.69, 9.17) is 9.84 Å². The molecule has 1 fully saturated rings. The number of amides is 1. The molecule has 1 unspecified atom stereocenters. The third kappa shape index (κ3) is 5.45. The Kier molecular flexibility index (Phi) is 8.37. The van der Waals surface area contributed by atoms with Gasteiger partial charge in [-0.15, -0.1) is 0 Å². The second-order valence-corrected chi connectivity index (χ2v) is 10.8. The van der Waals surface area contributed by atoms with E-state index < -0.39 is 75.4 Å². The lowest BCUT2D eigenvalue weighted by Crippen LogP contribution is -2.66. The minimum Gasteiger partial charge on any atom is -0.481 e. The van der Waals surface area contributed by atoms with Crippen LogP contribution in [-0.4, -0.2) is 93.6 Å². The molecule has 0 aromatic heterocycles. The molecule has 6 N–H and O–H groups in total. The molecule has 1 heterocycles.